The van der Waals surface area contributed by atoms with Gasteiger partial charge in [0, 0.05) is 22.8 Å². The molecule has 5 rings (SSSR count). The molecule has 1 aliphatic rings. The number of carbonyl (C=O) groups excluding carboxylic acids is 1. The second-order valence-electron chi connectivity index (χ2n) is 8.25. The van der Waals surface area contributed by atoms with Crippen molar-refractivity contribution in [3.63, 3.8) is 0 Å². The molecule has 0 radical (unpaired) electrons. The van der Waals surface area contributed by atoms with E-state index in [0.29, 0.717) is 15.6 Å². The van der Waals surface area contributed by atoms with Crippen molar-refractivity contribution in [2.45, 2.75) is 31.4 Å². The van der Waals surface area contributed by atoms with Crippen LogP contribution in [0.3, 0.4) is 0 Å². The van der Waals surface area contributed by atoms with Crippen molar-refractivity contribution < 1.29 is 19.4 Å². The molecule has 1 atom stereocenters. The van der Waals surface area contributed by atoms with E-state index in [1.54, 1.807) is 18.3 Å². The third-order valence-corrected chi connectivity index (χ3v) is 7.46. The Balaban J connectivity index is 1.43. The normalized spacial score (nSPS) is 15.1. The summed E-state index contributed by atoms with van der Waals surface area (Å²) in [6.07, 6.45) is 3.55. The Morgan fingerprint density at radius 2 is 2.09 bits per heavy atom. The average molecular weight is 497 g/mol. The van der Waals surface area contributed by atoms with Gasteiger partial charge in [-0.15, -0.1) is 11.3 Å². The molecule has 0 bridgehead atoms. The molecule has 8 nitrogen and oxygen atoms in total. The quantitative estimate of drug-likeness (QED) is 0.324. The number of pyridine rings is 1. The third kappa shape index (κ3) is 3.97. The minimum atomic E-state index is -1.06. The fraction of sp³-hybridized carbons (Fsp3) is 0.208. The van der Waals surface area contributed by atoms with Crippen molar-refractivity contribution in [1.82, 2.24) is 14.7 Å². The maximum atomic E-state index is 12.2. The molecule has 1 aliphatic carbocycles. The van der Waals surface area contributed by atoms with Crippen LogP contribution < -0.4 is 15.8 Å². The highest BCUT2D eigenvalue weighted by Gasteiger charge is 2.46. The summed E-state index contributed by atoms with van der Waals surface area (Å²) in [5.74, 6) is -0.207. The molecule has 174 valence electrons. The van der Waals surface area contributed by atoms with E-state index in [1.807, 2.05) is 47.9 Å². The van der Waals surface area contributed by atoms with Crippen LogP contribution in [0.4, 0.5) is 4.79 Å². The smallest absolute Gasteiger partial charge is 0.405 e. The standard InChI is InChI=1S/C24H21ClN4O4S/c1-13(15-6-5-14(10-16(15)25)24(7-8-24)28-23(31)32)33-18-11-19(34-21(18)22(26)30)17-12-27-20-4-2-3-9-29(17)20/h2-6,9-13,28H,7-8H2,1H3,(H2,26,30)(H,31,32)/t13-/m1/s1. The number of hydrogen-bond donors (Lipinski definition) is 3. The Bertz CT molecular complexity index is 1430. The molecule has 0 aliphatic heterocycles. The van der Waals surface area contributed by atoms with E-state index in [4.69, 9.17) is 27.2 Å². The van der Waals surface area contributed by atoms with E-state index >= 15 is 0 Å². The molecule has 0 unspecified atom stereocenters. The summed E-state index contributed by atoms with van der Waals surface area (Å²) in [6.45, 7) is 1.83. The topological polar surface area (TPSA) is 119 Å². The van der Waals surface area contributed by atoms with Crippen molar-refractivity contribution in [2.24, 2.45) is 5.73 Å². The van der Waals surface area contributed by atoms with E-state index in [2.05, 4.69) is 10.3 Å². The first kappa shape index (κ1) is 22.2. The minimum Gasteiger partial charge on any atom is -0.484 e. The largest absolute Gasteiger partial charge is 0.484 e. The van der Waals surface area contributed by atoms with Crippen LogP contribution in [0.25, 0.3) is 16.2 Å². The van der Waals surface area contributed by atoms with Crippen LogP contribution in [0.1, 0.15) is 46.7 Å². The zero-order valence-corrected chi connectivity index (χ0v) is 19.7. The van der Waals surface area contributed by atoms with Crippen LogP contribution in [0, 0.1) is 0 Å². The summed E-state index contributed by atoms with van der Waals surface area (Å²) in [6, 6.07) is 13.0. The van der Waals surface area contributed by atoms with Crippen molar-refractivity contribution in [3.05, 3.63) is 75.9 Å². The molecular weight excluding hydrogens is 476 g/mol. The van der Waals surface area contributed by atoms with Crippen molar-refractivity contribution in [3.8, 4) is 16.3 Å². The summed E-state index contributed by atoms with van der Waals surface area (Å²) < 4.78 is 8.08. The number of imidazole rings is 1. The first-order chi connectivity index (χ1) is 16.3. The van der Waals surface area contributed by atoms with Crippen LogP contribution in [-0.2, 0) is 5.54 Å². The molecule has 1 fully saturated rings. The van der Waals surface area contributed by atoms with Crippen molar-refractivity contribution >= 4 is 40.6 Å². The molecule has 4 aromatic rings. The first-order valence-electron chi connectivity index (χ1n) is 10.6. The van der Waals surface area contributed by atoms with Gasteiger partial charge in [0.05, 0.1) is 22.3 Å². The maximum Gasteiger partial charge on any atom is 0.405 e. The second-order valence-corrected chi connectivity index (χ2v) is 9.71. The fourth-order valence-electron chi connectivity index (χ4n) is 4.10. The number of primary amides is 1. The van der Waals surface area contributed by atoms with Gasteiger partial charge in [-0.25, -0.2) is 9.78 Å². The fourth-order valence-corrected chi connectivity index (χ4v) is 5.38. The monoisotopic (exact) mass is 496 g/mol. The number of benzene rings is 1. The van der Waals surface area contributed by atoms with Gasteiger partial charge in [-0.2, -0.15) is 0 Å². The zero-order valence-electron chi connectivity index (χ0n) is 18.1. The number of hydrogen-bond acceptors (Lipinski definition) is 5. The van der Waals surface area contributed by atoms with E-state index < -0.39 is 23.6 Å². The number of nitrogens with zero attached hydrogens (tertiary/aromatic N) is 2. The zero-order chi connectivity index (χ0) is 24.0. The van der Waals surface area contributed by atoms with Crippen LogP contribution in [0.15, 0.2) is 54.9 Å². The number of ether oxygens (including phenoxy) is 1. The maximum absolute atomic E-state index is 12.2. The van der Waals surface area contributed by atoms with Gasteiger partial charge < -0.3 is 20.9 Å². The lowest BCUT2D eigenvalue weighted by Crippen LogP contribution is -2.33. The highest BCUT2D eigenvalue weighted by molar-refractivity contribution is 7.17. The molecule has 4 N–H and O–H groups in total. The van der Waals surface area contributed by atoms with Gasteiger partial charge in [0.15, 0.2) is 0 Å². The van der Waals surface area contributed by atoms with Gasteiger partial charge in [0.25, 0.3) is 5.91 Å². The number of fused-ring (bicyclic) bond motifs is 1. The van der Waals surface area contributed by atoms with Crippen LogP contribution in [0.5, 0.6) is 5.75 Å². The Kier molecular flexibility index (Phi) is 5.45. The Hall–Kier alpha value is -3.56. The number of nitrogens with one attached hydrogen (secondary N) is 1. The average Bonchev–Trinajstić information content (AvgIpc) is 3.25. The lowest BCUT2D eigenvalue weighted by atomic mass is 10.0. The number of carbonyl (C=O) groups is 2. The lowest BCUT2D eigenvalue weighted by molar-refractivity contribution is 0.0998. The predicted molar refractivity (Wildman–Crippen MR) is 130 cm³/mol. The summed E-state index contributed by atoms with van der Waals surface area (Å²) >= 11 is 7.80. The van der Waals surface area contributed by atoms with Gasteiger partial charge in [-0.1, -0.05) is 29.8 Å². The van der Waals surface area contributed by atoms with Gasteiger partial charge in [0.2, 0.25) is 0 Å². The summed E-state index contributed by atoms with van der Waals surface area (Å²) in [4.78, 5) is 28.8. The number of thiophene rings is 1. The van der Waals surface area contributed by atoms with E-state index in [9.17, 15) is 9.59 Å². The lowest BCUT2D eigenvalue weighted by Gasteiger charge is -2.20. The number of halogens is 1. The SMILES string of the molecule is C[C@@H](Oc1cc(-c2cnc3ccccn23)sc1C(N)=O)c1ccc(C2(NC(=O)O)CC2)cc1Cl. The first-order valence-corrected chi connectivity index (χ1v) is 11.8. The highest BCUT2D eigenvalue weighted by Crippen LogP contribution is 2.47. The van der Waals surface area contributed by atoms with Crippen LogP contribution in [0.2, 0.25) is 5.02 Å². The van der Waals surface area contributed by atoms with E-state index in [0.717, 1.165) is 40.2 Å². The number of aromatic nitrogens is 2. The predicted octanol–water partition coefficient (Wildman–Crippen LogP) is 5.21. The van der Waals surface area contributed by atoms with Crippen LogP contribution >= 0.6 is 22.9 Å². The number of nitrogens with two attached hydrogens (primary N) is 1. The van der Waals surface area contributed by atoms with Gasteiger partial charge in [0.1, 0.15) is 22.4 Å². The minimum absolute atomic E-state index is 0.308. The molecular formula is C24H21ClN4O4S. The third-order valence-electron chi connectivity index (χ3n) is 5.98. The van der Waals surface area contributed by atoms with Crippen molar-refractivity contribution in [1.29, 1.82) is 0 Å². The molecule has 0 spiro atoms. The summed E-state index contributed by atoms with van der Waals surface area (Å²) in [5.41, 5.74) is 8.22. The Morgan fingerprint density at radius 3 is 2.76 bits per heavy atom. The Labute approximate surface area is 203 Å². The molecule has 2 amide bonds. The molecule has 0 saturated heterocycles. The van der Waals surface area contributed by atoms with Crippen molar-refractivity contribution in [2.75, 3.05) is 0 Å². The van der Waals surface area contributed by atoms with E-state index in [1.165, 1.54) is 11.3 Å². The number of amides is 2. The summed E-state index contributed by atoms with van der Waals surface area (Å²) in [7, 11) is 0. The molecule has 3 heterocycles. The number of rotatable bonds is 7. The molecule has 1 saturated carbocycles. The highest BCUT2D eigenvalue weighted by atomic mass is 35.5. The Morgan fingerprint density at radius 1 is 1.29 bits per heavy atom. The number of carboxylic acid groups (broad SMARTS) is 1. The summed E-state index contributed by atoms with van der Waals surface area (Å²) in [5, 5.41) is 12.2. The van der Waals surface area contributed by atoms with E-state index in [-0.39, 0.29) is 0 Å². The van der Waals surface area contributed by atoms with Crippen LogP contribution in [-0.4, -0.2) is 26.5 Å². The molecule has 10 heteroatoms. The second kappa shape index (κ2) is 8.34. The molecule has 3 aromatic heterocycles. The molecule has 34 heavy (non-hydrogen) atoms. The van der Waals surface area contributed by atoms with Gasteiger partial charge in [-0.05, 0) is 43.5 Å². The van der Waals surface area contributed by atoms with Gasteiger partial charge >= 0.3 is 6.09 Å². The molecule has 1 aromatic carbocycles. The van der Waals surface area contributed by atoms with Gasteiger partial charge in [-0.3, -0.25) is 9.20 Å².